The zero-order chi connectivity index (χ0) is 16.7. The van der Waals surface area contributed by atoms with Crippen LogP contribution in [-0.2, 0) is 16.1 Å². The third-order valence-electron chi connectivity index (χ3n) is 2.71. The number of amides is 3. The van der Waals surface area contributed by atoms with Crippen molar-refractivity contribution in [2.24, 2.45) is 0 Å². The molecule has 0 aliphatic heterocycles. The Hall–Kier alpha value is -2.94. The van der Waals surface area contributed by atoms with E-state index < -0.39 is 11.8 Å². The molecule has 0 aliphatic rings. The van der Waals surface area contributed by atoms with Crippen LogP contribution in [0.1, 0.15) is 9.67 Å². The third kappa shape index (κ3) is 5.08. The number of hydrogen-bond donors (Lipinski definition) is 3. The highest BCUT2D eigenvalue weighted by atomic mass is 32.1. The van der Waals surface area contributed by atoms with Gasteiger partial charge in [-0.15, -0.1) is 11.3 Å². The second-order valence-corrected chi connectivity index (χ2v) is 5.37. The molecule has 0 radical (unpaired) electrons. The molecule has 0 aromatic carbocycles. The van der Waals surface area contributed by atoms with Gasteiger partial charge in [0.25, 0.3) is 23.3 Å². The smallest absolute Gasteiger partial charge is 0.261 e. The van der Waals surface area contributed by atoms with Crippen LogP contribution in [0.25, 0.3) is 0 Å². The van der Waals surface area contributed by atoms with Gasteiger partial charge in [-0.2, -0.15) is 0 Å². The maximum Gasteiger partial charge on any atom is 0.261 e. The maximum atomic E-state index is 11.6. The van der Waals surface area contributed by atoms with E-state index in [1.54, 1.807) is 29.6 Å². The number of carbonyl (C=O) groups is 3. The molecule has 2 rings (SSSR count). The zero-order valence-corrected chi connectivity index (χ0v) is 12.8. The second kappa shape index (κ2) is 7.90. The first-order valence-corrected chi connectivity index (χ1v) is 7.49. The summed E-state index contributed by atoms with van der Waals surface area (Å²) in [5.74, 6) is -1.50. The Morgan fingerprint density at radius 2 is 1.83 bits per heavy atom. The molecule has 9 heteroatoms. The Morgan fingerprint density at radius 1 is 1.04 bits per heavy atom. The average Bonchev–Trinajstić information content (AvgIpc) is 3.07. The lowest BCUT2D eigenvalue weighted by atomic mass is 10.4. The number of hydrazine groups is 1. The topological polar surface area (TPSA) is 109 Å². The molecular formula is C14H14N4O4S. The summed E-state index contributed by atoms with van der Waals surface area (Å²) in [5, 5.41) is 4.17. The predicted octanol–water partition coefficient (Wildman–Crippen LogP) is -0.513. The highest BCUT2D eigenvalue weighted by molar-refractivity contribution is 7.12. The van der Waals surface area contributed by atoms with Gasteiger partial charge in [-0.25, -0.2) is 0 Å². The lowest BCUT2D eigenvalue weighted by molar-refractivity contribution is -0.128. The van der Waals surface area contributed by atoms with Crippen molar-refractivity contribution >= 4 is 29.1 Å². The van der Waals surface area contributed by atoms with Gasteiger partial charge in [0.1, 0.15) is 6.54 Å². The molecule has 2 aromatic rings. The first-order valence-electron chi connectivity index (χ1n) is 6.61. The third-order valence-corrected chi connectivity index (χ3v) is 3.58. The fourth-order valence-corrected chi connectivity index (χ4v) is 2.26. The van der Waals surface area contributed by atoms with Crippen molar-refractivity contribution in [3.63, 3.8) is 0 Å². The van der Waals surface area contributed by atoms with Crippen LogP contribution in [0.15, 0.2) is 46.7 Å². The Balaban J connectivity index is 1.72. The second-order valence-electron chi connectivity index (χ2n) is 4.42. The number of hydrogen-bond acceptors (Lipinski definition) is 5. The van der Waals surface area contributed by atoms with Gasteiger partial charge < -0.3 is 9.88 Å². The van der Waals surface area contributed by atoms with Crippen LogP contribution in [0.2, 0.25) is 0 Å². The molecular weight excluding hydrogens is 320 g/mol. The fraction of sp³-hybridized carbons (Fsp3) is 0.143. The molecule has 8 nitrogen and oxygen atoms in total. The first kappa shape index (κ1) is 16.4. The van der Waals surface area contributed by atoms with Crippen molar-refractivity contribution < 1.29 is 14.4 Å². The van der Waals surface area contributed by atoms with Gasteiger partial charge in [0.2, 0.25) is 0 Å². The standard InChI is InChI=1S/C14H14N4O4S/c19-11(8-15-14(22)10-4-3-7-23-10)16-17-12(20)9-18-6-2-1-5-13(18)21/h1-7H,8-9H2,(H,15,22)(H,16,19)(H,17,20). The van der Waals surface area contributed by atoms with E-state index in [0.29, 0.717) is 4.88 Å². The van der Waals surface area contributed by atoms with Crippen molar-refractivity contribution in [3.8, 4) is 0 Å². The predicted molar refractivity (Wildman–Crippen MR) is 83.6 cm³/mol. The molecule has 120 valence electrons. The lowest BCUT2D eigenvalue weighted by Crippen LogP contribution is -2.47. The maximum absolute atomic E-state index is 11.6. The Kier molecular flexibility index (Phi) is 5.64. The summed E-state index contributed by atoms with van der Waals surface area (Å²) in [6.07, 6.45) is 1.46. The Labute approximate surface area is 135 Å². The SMILES string of the molecule is O=C(CNC(=O)c1cccs1)NNC(=O)Cn1ccccc1=O. The van der Waals surface area contributed by atoms with Crippen LogP contribution >= 0.6 is 11.3 Å². The summed E-state index contributed by atoms with van der Waals surface area (Å²) in [7, 11) is 0. The van der Waals surface area contributed by atoms with Gasteiger partial charge in [-0.1, -0.05) is 12.1 Å². The number of carbonyl (C=O) groups excluding carboxylic acids is 3. The summed E-state index contributed by atoms with van der Waals surface area (Å²) in [6, 6.07) is 7.87. The Morgan fingerprint density at radius 3 is 2.52 bits per heavy atom. The molecule has 0 fully saturated rings. The van der Waals surface area contributed by atoms with Gasteiger partial charge >= 0.3 is 0 Å². The normalized spacial score (nSPS) is 9.91. The van der Waals surface area contributed by atoms with Crippen LogP contribution in [0.4, 0.5) is 0 Å². The van der Waals surface area contributed by atoms with Crippen molar-refractivity contribution in [2.45, 2.75) is 6.54 Å². The molecule has 3 N–H and O–H groups in total. The van der Waals surface area contributed by atoms with Gasteiger partial charge in [0.05, 0.1) is 11.4 Å². The van der Waals surface area contributed by atoms with E-state index in [1.807, 2.05) is 0 Å². The van der Waals surface area contributed by atoms with E-state index in [4.69, 9.17) is 0 Å². The molecule has 3 amide bonds. The minimum Gasteiger partial charge on any atom is -0.342 e. The average molecular weight is 334 g/mol. The van der Waals surface area contributed by atoms with Crippen molar-refractivity contribution in [2.75, 3.05) is 6.54 Å². The van der Waals surface area contributed by atoms with Gasteiger partial charge in [-0.05, 0) is 17.5 Å². The van der Waals surface area contributed by atoms with E-state index in [2.05, 4.69) is 16.2 Å². The van der Waals surface area contributed by atoms with Crippen molar-refractivity contribution in [3.05, 3.63) is 57.1 Å². The van der Waals surface area contributed by atoms with Gasteiger partial charge in [-0.3, -0.25) is 30.0 Å². The monoisotopic (exact) mass is 334 g/mol. The highest BCUT2D eigenvalue weighted by Gasteiger charge is 2.09. The molecule has 0 unspecified atom stereocenters. The molecule has 23 heavy (non-hydrogen) atoms. The lowest BCUT2D eigenvalue weighted by Gasteiger charge is -2.09. The molecule has 0 spiro atoms. The molecule has 2 aromatic heterocycles. The summed E-state index contributed by atoms with van der Waals surface area (Å²) in [4.78, 5) is 46.7. The van der Waals surface area contributed by atoms with Crippen LogP contribution in [0, 0.1) is 0 Å². The van der Waals surface area contributed by atoms with E-state index in [1.165, 1.54) is 28.2 Å². The number of pyridine rings is 1. The van der Waals surface area contributed by atoms with Crippen LogP contribution in [-0.4, -0.2) is 28.8 Å². The number of rotatable bonds is 5. The van der Waals surface area contributed by atoms with Crippen molar-refractivity contribution in [1.82, 2.24) is 20.7 Å². The molecule has 2 heterocycles. The van der Waals surface area contributed by atoms with E-state index in [0.717, 1.165) is 0 Å². The van der Waals surface area contributed by atoms with Crippen LogP contribution in [0.5, 0.6) is 0 Å². The number of thiophene rings is 1. The zero-order valence-electron chi connectivity index (χ0n) is 11.9. The van der Waals surface area contributed by atoms with E-state index in [9.17, 15) is 19.2 Å². The molecule has 0 bridgehead atoms. The highest BCUT2D eigenvalue weighted by Crippen LogP contribution is 2.07. The van der Waals surface area contributed by atoms with Crippen LogP contribution < -0.4 is 21.7 Å². The fourth-order valence-electron chi connectivity index (χ4n) is 1.62. The number of nitrogens with one attached hydrogen (secondary N) is 3. The summed E-state index contributed by atoms with van der Waals surface area (Å²) < 4.78 is 1.19. The van der Waals surface area contributed by atoms with E-state index in [-0.39, 0.29) is 24.6 Å². The summed E-state index contributed by atoms with van der Waals surface area (Å²) in [5.41, 5.74) is 4.01. The minimum absolute atomic E-state index is 0.221. The van der Waals surface area contributed by atoms with Crippen molar-refractivity contribution in [1.29, 1.82) is 0 Å². The summed E-state index contributed by atoms with van der Waals surface area (Å²) >= 11 is 1.26. The molecule has 0 atom stereocenters. The Bertz CT molecular complexity index is 754. The largest absolute Gasteiger partial charge is 0.342 e. The quantitative estimate of drug-likeness (QED) is 0.640. The number of nitrogens with zero attached hydrogens (tertiary/aromatic N) is 1. The molecule has 0 aliphatic carbocycles. The molecule has 0 saturated heterocycles. The number of aromatic nitrogens is 1. The van der Waals surface area contributed by atoms with Gasteiger partial charge in [0.15, 0.2) is 0 Å². The first-order chi connectivity index (χ1) is 11.1. The molecule has 0 saturated carbocycles. The minimum atomic E-state index is -0.580. The van der Waals surface area contributed by atoms with Crippen LogP contribution in [0.3, 0.4) is 0 Å². The summed E-state index contributed by atoms with van der Waals surface area (Å²) in [6.45, 7) is -0.496. The van der Waals surface area contributed by atoms with Gasteiger partial charge in [0, 0.05) is 12.3 Å². The van der Waals surface area contributed by atoms with E-state index >= 15 is 0 Å².